The molecule has 2 heterocycles. The molecule has 1 fully saturated rings. The highest BCUT2D eigenvalue weighted by Crippen LogP contribution is 2.35. The summed E-state index contributed by atoms with van der Waals surface area (Å²) in [5.74, 6) is -1.81. The first-order valence-corrected chi connectivity index (χ1v) is 9.99. The third kappa shape index (κ3) is 3.94. The zero-order chi connectivity index (χ0) is 22.7. The summed E-state index contributed by atoms with van der Waals surface area (Å²) in [5.41, 5.74) is -0.942. The minimum atomic E-state index is -2.11. The van der Waals surface area contributed by atoms with Crippen LogP contribution in [0.5, 0.6) is 0 Å². The molecule has 0 radical (unpaired) electrons. The first-order chi connectivity index (χ1) is 15.4. The van der Waals surface area contributed by atoms with Crippen LogP contribution in [-0.4, -0.2) is 33.4 Å². The predicted molar refractivity (Wildman–Crippen MR) is 114 cm³/mol. The number of halogens is 1. The zero-order valence-electron chi connectivity index (χ0n) is 17.2. The van der Waals surface area contributed by atoms with Crippen molar-refractivity contribution in [2.75, 3.05) is 5.32 Å². The third-order valence-corrected chi connectivity index (χ3v) is 5.33. The van der Waals surface area contributed by atoms with E-state index in [-0.39, 0.29) is 12.2 Å². The molecule has 1 aliphatic rings. The van der Waals surface area contributed by atoms with Crippen LogP contribution in [0.25, 0.3) is 0 Å². The maximum atomic E-state index is 13.6. The quantitative estimate of drug-likeness (QED) is 0.596. The highest BCUT2D eigenvalue weighted by atomic mass is 19.1. The number of nitrogens with one attached hydrogen (secondary N) is 1. The van der Waals surface area contributed by atoms with Crippen LogP contribution in [-0.2, 0) is 20.7 Å². The highest BCUT2D eigenvalue weighted by molar-refractivity contribution is 6.20. The lowest BCUT2D eigenvalue weighted by Crippen LogP contribution is -2.52. The van der Waals surface area contributed by atoms with E-state index in [4.69, 9.17) is 4.74 Å². The second-order valence-electron chi connectivity index (χ2n) is 7.43. The van der Waals surface area contributed by atoms with E-state index in [9.17, 15) is 18.8 Å². The summed E-state index contributed by atoms with van der Waals surface area (Å²) in [5, 5.41) is 2.58. The van der Waals surface area contributed by atoms with E-state index in [1.54, 1.807) is 55.5 Å². The monoisotopic (exact) mass is 433 g/mol. The van der Waals surface area contributed by atoms with E-state index in [0.29, 0.717) is 11.1 Å². The van der Waals surface area contributed by atoms with E-state index in [1.165, 1.54) is 30.5 Å². The Bertz CT molecular complexity index is 1140. The number of anilines is 1. The minimum Gasteiger partial charge on any atom is -0.422 e. The molecule has 1 saturated heterocycles. The number of amides is 3. The lowest BCUT2D eigenvalue weighted by atomic mass is 9.91. The Kier molecular flexibility index (Phi) is 5.68. The van der Waals surface area contributed by atoms with Crippen molar-refractivity contribution in [3.63, 3.8) is 0 Å². The second-order valence-corrected chi connectivity index (χ2v) is 7.43. The number of hydrogen-bond donors (Lipinski definition) is 1. The van der Waals surface area contributed by atoms with E-state index in [2.05, 4.69) is 10.3 Å². The van der Waals surface area contributed by atoms with Crippen LogP contribution in [0.3, 0.4) is 0 Å². The van der Waals surface area contributed by atoms with Gasteiger partial charge in [-0.3, -0.25) is 9.59 Å². The van der Waals surface area contributed by atoms with Gasteiger partial charge in [0, 0.05) is 12.6 Å². The molecule has 8 heteroatoms. The van der Waals surface area contributed by atoms with Gasteiger partial charge in [0.1, 0.15) is 11.6 Å². The smallest absolute Gasteiger partial charge is 0.418 e. The maximum Gasteiger partial charge on any atom is 0.418 e. The molecule has 7 nitrogen and oxygen atoms in total. The summed E-state index contributed by atoms with van der Waals surface area (Å²) < 4.78 is 18.8. The maximum absolute atomic E-state index is 13.6. The number of rotatable bonds is 6. The fraction of sp³-hybridized carbons (Fsp3) is 0.167. The van der Waals surface area contributed by atoms with Gasteiger partial charge in [-0.1, -0.05) is 48.5 Å². The predicted octanol–water partition coefficient (Wildman–Crippen LogP) is 3.88. The fourth-order valence-corrected chi connectivity index (χ4v) is 3.62. The van der Waals surface area contributed by atoms with Crippen molar-refractivity contribution in [2.45, 2.75) is 25.0 Å². The Morgan fingerprint density at radius 3 is 2.41 bits per heavy atom. The van der Waals surface area contributed by atoms with Crippen LogP contribution in [0.4, 0.5) is 15.0 Å². The SMILES string of the molecule is C[C@H](c1ccc(F)cc1)N1C(=O)O[C@](Cc2ccccc2)(C(=O)Nc2ccccn2)C1=O. The standard InChI is InChI=1S/C24H20FN3O4/c1-16(18-10-12-19(25)13-11-18)28-22(30)24(32-23(28)31,15-17-7-3-2-4-8-17)21(29)27-20-9-5-6-14-26-20/h2-14,16H,15H2,1H3,(H,26,27,29)/t16-,24-/m1/s1. The summed E-state index contributed by atoms with van der Waals surface area (Å²) in [6, 6.07) is 18.4. The zero-order valence-corrected chi connectivity index (χ0v) is 17.2. The molecule has 32 heavy (non-hydrogen) atoms. The van der Waals surface area contributed by atoms with Crippen LogP contribution in [0.1, 0.15) is 24.1 Å². The largest absolute Gasteiger partial charge is 0.422 e. The average Bonchev–Trinajstić information content (AvgIpc) is 3.05. The van der Waals surface area contributed by atoms with Gasteiger partial charge in [0.2, 0.25) is 0 Å². The number of carbonyl (C=O) groups excluding carboxylic acids is 3. The number of cyclic esters (lactones) is 1. The summed E-state index contributed by atoms with van der Waals surface area (Å²) >= 11 is 0. The van der Waals surface area contributed by atoms with Gasteiger partial charge >= 0.3 is 6.09 Å². The van der Waals surface area contributed by atoms with E-state index in [0.717, 1.165) is 4.90 Å². The van der Waals surface area contributed by atoms with Crippen molar-refractivity contribution in [3.05, 3.63) is 95.9 Å². The van der Waals surface area contributed by atoms with Crippen LogP contribution >= 0.6 is 0 Å². The molecule has 0 unspecified atom stereocenters. The van der Waals surface area contributed by atoms with Gasteiger partial charge in [0.25, 0.3) is 17.4 Å². The van der Waals surface area contributed by atoms with Gasteiger partial charge in [0.05, 0.1) is 6.04 Å². The molecular formula is C24H20FN3O4. The van der Waals surface area contributed by atoms with Crippen LogP contribution in [0, 0.1) is 5.82 Å². The third-order valence-electron chi connectivity index (χ3n) is 5.33. The number of nitrogens with zero attached hydrogens (tertiary/aromatic N) is 2. The molecule has 1 aliphatic heterocycles. The van der Waals surface area contributed by atoms with Crippen LogP contribution in [0.15, 0.2) is 79.0 Å². The molecule has 3 aromatic rings. The second kappa shape index (κ2) is 8.58. The first kappa shape index (κ1) is 21.2. The molecule has 1 N–H and O–H groups in total. The Morgan fingerprint density at radius 2 is 1.75 bits per heavy atom. The normalized spacial score (nSPS) is 18.9. The van der Waals surface area contributed by atoms with E-state index >= 15 is 0 Å². The molecular weight excluding hydrogens is 413 g/mol. The minimum absolute atomic E-state index is 0.149. The number of aromatic nitrogens is 1. The number of benzene rings is 2. The Morgan fingerprint density at radius 1 is 1.06 bits per heavy atom. The van der Waals surface area contributed by atoms with Crippen molar-refractivity contribution in [1.29, 1.82) is 0 Å². The van der Waals surface area contributed by atoms with Crippen molar-refractivity contribution in [2.24, 2.45) is 0 Å². The molecule has 162 valence electrons. The van der Waals surface area contributed by atoms with Gasteiger partial charge in [-0.05, 0) is 42.3 Å². The van der Waals surface area contributed by atoms with Gasteiger partial charge in [-0.15, -0.1) is 0 Å². The number of imide groups is 1. The summed E-state index contributed by atoms with van der Waals surface area (Å²) in [4.78, 5) is 44.7. The molecule has 0 bridgehead atoms. The van der Waals surface area contributed by atoms with Crippen LogP contribution < -0.4 is 5.32 Å². The molecule has 2 atom stereocenters. The molecule has 1 aromatic heterocycles. The lowest BCUT2D eigenvalue weighted by Gasteiger charge is -2.25. The van der Waals surface area contributed by atoms with Gasteiger partial charge < -0.3 is 10.1 Å². The topological polar surface area (TPSA) is 88.6 Å². The average molecular weight is 433 g/mol. The van der Waals surface area contributed by atoms with Crippen LogP contribution in [0.2, 0.25) is 0 Å². The molecule has 0 spiro atoms. The summed E-state index contributed by atoms with van der Waals surface area (Å²) in [6.07, 6.45) is 0.396. The molecule has 2 aromatic carbocycles. The van der Waals surface area contributed by atoms with Gasteiger partial charge in [-0.2, -0.15) is 0 Å². The lowest BCUT2D eigenvalue weighted by molar-refractivity contribution is -0.147. The molecule has 0 aliphatic carbocycles. The summed E-state index contributed by atoms with van der Waals surface area (Å²) in [6.45, 7) is 1.61. The molecule has 3 amide bonds. The van der Waals surface area contributed by atoms with Crippen molar-refractivity contribution >= 4 is 23.7 Å². The van der Waals surface area contributed by atoms with Crippen molar-refractivity contribution in [3.8, 4) is 0 Å². The fourth-order valence-electron chi connectivity index (χ4n) is 3.62. The molecule has 0 saturated carbocycles. The van der Waals surface area contributed by atoms with E-state index in [1.807, 2.05) is 0 Å². The van der Waals surface area contributed by atoms with Gasteiger partial charge in [0.15, 0.2) is 0 Å². The summed E-state index contributed by atoms with van der Waals surface area (Å²) in [7, 11) is 0. The highest BCUT2D eigenvalue weighted by Gasteiger charge is 2.60. The van der Waals surface area contributed by atoms with E-state index < -0.39 is 35.4 Å². The number of hydrogen-bond acceptors (Lipinski definition) is 5. The Balaban J connectivity index is 1.70. The number of carbonyl (C=O) groups is 3. The van der Waals surface area contributed by atoms with Crippen molar-refractivity contribution in [1.82, 2.24) is 9.88 Å². The first-order valence-electron chi connectivity index (χ1n) is 9.99. The molecule has 4 rings (SSSR count). The van der Waals surface area contributed by atoms with Gasteiger partial charge in [-0.25, -0.2) is 19.1 Å². The number of pyridine rings is 1. The Hall–Kier alpha value is -4.07. The Labute approximate surface area is 183 Å². The number of ether oxygens (including phenoxy) is 1. The van der Waals surface area contributed by atoms with Crippen molar-refractivity contribution < 1.29 is 23.5 Å².